The normalized spacial score (nSPS) is 13.3. The van der Waals surface area contributed by atoms with Crippen molar-refractivity contribution in [3.63, 3.8) is 0 Å². The number of unbranched alkanes of at least 4 members (excludes halogenated alkanes) is 35. The van der Waals surface area contributed by atoms with Gasteiger partial charge >= 0.3 is 5.97 Å². The summed E-state index contributed by atoms with van der Waals surface area (Å²) in [6.45, 7) is 6.48. The third-order valence-electron chi connectivity index (χ3n) is 13.4. The van der Waals surface area contributed by atoms with Crippen molar-refractivity contribution in [2.45, 2.75) is 328 Å². The zero-order valence-electron chi connectivity index (χ0n) is 44.3. The lowest BCUT2D eigenvalue weighted by atomic mass is 10.0. The summed E-state index contributed by atoms with van der Waals surface area (Å²) in [5, 5.41) is 23.9. The van der Waals surface area contributed by atoms with Crippen LogP contribution in [0.5, 0.6) is 0 Å². The van der Waals surface area contributed by atoms with Crippen LogP contribution in [-0.4, -0.2) is 46.9 Å². The van der Waals surface area contributed by atoms with Gasteiger partial charge in [-0.15, -0.1) is 0 Å². The van der Waals surface area contributed by atoms with Crippen molar-refractivity contribution in [1.29, 1.82) is 0 Å². The largest absolute Gasteiger partial charge is 0.462 e. The van der Waals surface area contributed by atoms with Crippen molar-refractivity contribution in [3.8, 4) is 0 Å². The van der Waals surface area contributed by atoms with Gasteiger partial charge in [0, 0.05) is 6.42 Å². The molecule has 0 fully saturated rings. The maximum absolute atomic E-state index is 13.3. The van der Waals surface area contributed by atoms with Crippen LogP contribution < -0.4 is 5.32 Å². The standard InChI is InChI=1S/C60H113NO5/c1-4-7-10-13-16-19-22-25-27-28-29-30-32-35-38-41-44-47-50-53-60(65)66-56(51-48-45-42-39-36-33-24-21-18-15-12-9-6-3)54-59(64)61-57(55-62)58(63)52-49-46-43-40-37-34-31-26-23-20-17-14-11-8-5-2/h16,19,21,24-25,27,56-58,62-63H,4-15,17-18,20,22-23,26,28-55H2,1-3H3,(H,61,64)/b19-16-,24-21-,27-25-. The summed E-state index contributed by atoms with van der Waals surface area (Å²) in [4.78, 5) is 26.3. The zero-order valence-corrected chi connectivity index (χ0v) is 44.3. The molecule has 0 aliphatic heterocycles. The van der Waals surface area contributed by atoms with Gasteiger partial charge in [-0.3, -0.25) is 9.59 Å². The molecule has 3 unspecified atom stereocenters. The van der Waals surface area contributed by atoms with Gasteiger partial charge in [0.05, 0.1) is 25.2 Å². The minimum Gasteiger partial charge on any atom is -0.462 e. The van der Waals surface area contributed by atoms with Crippen molar-refractivity contribution in [2.75, 3.05) is 6.61 Å². The minimum atomic E-state index is -0.789. The number of hydrogen-bond donors (Lipinski definition) is 3. The van der Waals surface area contributed by atoms with Crippen molar-refractivity contribution in [1.82, 2.24) is 5.32 Å². The second kappa shape index (κ2) is 54.0. The molecule has 388 valence electrons. The molecule has 0 aromatic carbocycles. The number of ether oxygens (including phenoxy) is 1. The Morgan fingerprint density at radius 2 is 0.773 bits per heavy atom. The molecule has 0 aromatic rings. The summed E-state index contributed by atoms with van der Waals surface area (Å²) in [6, 6.07) is -0.703. The highest BCUT2D eigenvalue weighted by molar-refractivity contribution is 5.77. The molecule has 0 aromatic heterocycles. The number of aliphatic hydroxyl groups excluding tert-OH is 2. The fourth-order valence-electron chi connectivity index (χ4n) is 8.99. The van der Waals surface area contributed by atoms with E-state index < -0.39 is 18.2 Å². The molecule has 1 amide bonds. The smallest absolute Gasteiger partial charge is 0.306 e. The predicted molar refractivity (Wildman–Crippen MR) is 287 cm³/mol. The van der Waals surface area contributed by atoms with Gasteiger partial charge in [0.25, 0.3) is 0 Å². The topological polar surface area (TPSA) is 95.9 Å². The number of carbonyl (C=O) groups is 2. The second-order valence-electron chi connectivity index (χ2n) is 20.0. The van der Waals surface area contributed by atoms with E-state index in [1.165, 1.54) is 199 Å². The SMILES string of the molecule is CCCCC/C=C\C/C=C\CCCCCCCCCCCC(=O)OC(CCCCCCC/C=C\CCCCCC)CC(=O)NC(CO)C(O)CCCCCCCCCCCCCCCCC. The van der Waals surface area contributed by atoms with Crippen molar-refractivity contribution >= 4 is 11.9 Å². The van der Waals surface area contributed by atoms with Crippen LogP contribution in [0, 0.1) is 0 Å². The average Bonchev–Trinajstić information content (AvgIpc) is 3.31. The Balaban J connectivity index is 4.50. The van der Waals surface area contributed by atoms with Gasteiger partial charge in [-0.25, -0.2) is 0 Å². The van der Waals surface area contributed by atoms with Crippen LogP contribution in [-0.2, 0) is 14.3 Å². The molecule has 0 spiro atoms. The van der Waals surface area contributed by atoms with E-state index in [-0.39, 0.29) is 24.9 Å². The Hall–Kier alpha value is -1.92. The Morgan fingerprint density at radius 1 is 0.439 bits per heavy atom. The first kappa shape index (κ1) is 64.1. The Morgan fingerprint density at radius 3 is 1.21 bits per heavy atom. The van der Waals surface area contributed by atoms with E-state index in [2.05, 4.69) is 62.5 Å². The highest BCUT2D eigenvalue weighted by atomic mass is 16.5. The molecule has 3 atom stereocenters. The van der Waals surface area contributed by atoms with Crippen molar-refractivity contribution in [3.05, 3.63) is 36.5 Å². The van der Waals surface area contributed by atoms with E-state index >= 15 is 0 Å². The lowest BCUT2D eigenvalue weighted by molar-refractivity contribution is -0.151. The third kappa shape index (κ3) is 48.5. The maximum atomic E-state index is 13.3. The number of aliphatic hydroxyl groups is 2. The van der Waals surface area contributed by atoms with Gasteiger partial charge in [0.1, 0.15) is 6.10 Å². The maximum Gasteiger partial charge on any atom is 0.306 e. The highest BCUT2D eigenvalue weighted by Gasteiger charge is 2.24. The molecule has 0 saturated heterocycles. The van der Waals surface area contributed by atoms with Crippen LogP contribution in [0.1, 0.15) is 310 Å². The van der Waals surface area contributed by atoms with Crippen LogP contribution in [0.25, 0.3) is 0 Å². The summed E-state index contributed by atoms with van der Waals surface area (Å²) in [6.07, 6.45) is 64.9. The molecule has 3 N–H and O–H groups in total. The fraction of sp³-hybridized carbons (Fsp3) is 0.867. The Labute approximate surface area is 411 Å². The van der Waals surface area contributed by atoms with E-state index in [1.54, 1.807) is 0 Å². The van der Waals surface area contributed by atoms with Crippen LogP contribution in [0.15, 0.2) is 36.5 Å². The van der Waals surface area contributed by atoms with Gasteiger partial charge in [-0.2, -0.15) is 0 Å². The first-order valence-electron chi connectivity index (χ1n) is 29.2. The first-order valence-corrected chi connectivity index (χ1v) is 29.2. The predicted octanol–water partition coefficient (Wildman–Crippen LogP) is 18.0. The molecule has 0 rings (SSSR count). The number of rotatable bonds is 53. The van der Waals surface area contributed by atoms with Gasteiger partial charge in [0.15, 0.2) is 0 Å². The number of amides is 1. The van der Waals surface area contributed by atoms with E-state index in [0.29, 0.717) is 19.3 Å². The highest BCUT2D eigenvalue weighted by Crippen LogP contribution is 2.18. The Bertz CT molecular complexity index is 1090. The molecule has 6 heteroatoms. The molecule has 0 saturated carbocycles. The number of allylic oxidation sites excluding steroid dienone is 6. The van der Waals surface area contributed by atoms with Crippen molar-refractivity contribution < 1.29 is 24.5 Å². The fourth-order valence-corrected chi connectivity index (χ4v) is 8.99. The molecule has 0 aliphatic rings. The molecule has 66 heavy (non-hydrogen) atoms. The molecular formula is C60H113NO5. The van der Waals surface area contributed by atoms with Gasteiger partial charge in [0.2, 0.25) is 5.91 Å². The summed E-state index contributed by atoms with van der Waals surface area (Å²) in [5.41, 5.74) is 0. The lowest BCUT2D eigenvalue weighted by Crippen LogP contribution is -2.46. The van der Waals surface area contributed by atoms with Gasteiger partial charge in [-0.1, -0.05) is 250 Å². The molecule has 0 heterocycles. The number of nitrogens with one attached hydrogen (secondary N) is 1. The van der Waals surface area contributed by atoms with Crippen LogP contribution in [0.3, 0.4) is 0 Å². The first-order chi connectivity index (χ1) is 32.5. The molecule has 0 aliphatic carbocycles. The van der Waals surface area contributed by atoms with Gasteiger partial charge < -0.3 is 20.3 Å². The van der Waals surface area contributed by atoms with E-state index in [9.17, 15) is 19.8 Å². The van der Waals surface area contributed by atoms with Crippen LogP contribution in [0.4, 0.5) is 0 Å². The lowest BCUT2D eigenvalue weighted by Gasteiger charge is -2.24. The third-order valence-corrected chi connectivity index (χ3v) is 13.4. The monoisotopic (exact) mass is 928 g/mol. The van der Waals surface area contributed by atoms with Crippen LogP contribution in [0.2, 0.25) is 0 Å². The Kier molecular flexibility index (Phi) is 52.5. The summed E-state index contributed by atoms with van der Waals surface area (Å²) in [5.74, 6) is -0.473. The number of hydrogen-bond acceptors (Lipinski definition) is 5. The van der Waals surface area contributed by atoms with Crippen LogP contribution >= 0.6 is 0 Å². The molecule has 6 nitrogen and oxygen atoms in total. The van der Waals surface area contributed by atoms with E-state index in [1.807, 2.05) is 0 Å². The summed E-state index contributed by atoms with van der Waals surface area (Å²) < 4.78 is 5.96. The average molecular weight is 929 g/mol. The summed E-state index contributed by atoms with van der Waals surface area (Å²) >= 11 is 0. The molecule has 0 radical (unpaired) electrons. The number of esters is 1. The quantitative estimate of drug-likeness (QED) is 0.0321. The minimum absolute atomic E-state index is 0.0732. The molecule has 0 bridgehead atoms. The zero-order chi connectivity index (χ0) is 48.1. The van der Waals surface area contributed by atoms with Crippen molar-refractivity contribution in [2.24, 2.45) is 0 Å². The van der Waals surface area contributed by atoms with Gasteiger partial charge in [-0.05, 0) is 83.5 Å². The molecular weight excluding hydrogens is 815 g/mol. The second-order valence-corrected chi connectivity index (χ2v) is 20.0. The summed E-state index contributed by atoms with van der Waals surface area (Å²) in [7, 11) is 0. The number of carbonyl (C=O) groups excluding carboxylic acids is 2. The van der Waals surface area contributed by atoms with E-state index in [0.717, 1.165) is 64.2 Å². The van der Waals surface area contributed by atoms with E-state index in [4.69, 9.17) is 4.74 Å².